The maximum atomic E-state index is 11.7. The van der Waals surface area contributed by atoms with Crippen LogP contribution in [0, 0.1) is 0 Å². The van der Waals surface area contributed by atoms with Gasteiger partial charge in [0.1, 0.15) is 0 Å². The largest absolute Gasteiger partial charge is 0.399 e. The van der Waals surface area contributed by atoms with Crippen molar-refractivity contribution in [3.63, 3.8) is 0 Å². The number of carbonyl (C=O) groups excluding carboxylic acids is 1. The summed E-state index contributed by atoms with van der Waals surface area (Å²) >= 11 is 6.30. The summed E-state index contributed by atoms with van der Waals surface area (Å²) in [4.78, 5) is 16.2. The molecule has 1 aliphatic heterocycles. The highest BCUT2D eigenvalue weighted by Crippen LogP contribution is 2.33. The molecule has 116 valence electrons. The number of benzene rings is 1. The summed E-state index contributed by atoms with van der Waals surface area (Å²) in [5, 5.41) is 0.487. The molecule has 0 aliphatic carbocycles. The summed E-state index contributed by atoms with van der Waals surface area (Å²) in [6, 6.07) is 3.85. The van der Waals surface area contributed by atoms with Crippen molar-refractivity contribution < 1.29 is 4.79 Å². The summed E-state index contributed by atoms with van der Waals surface area (Å²) < 4.78 is 0. The Hall–Kier alpha value is -1.46. The second kappa shape index (κ2) is 6.54. The van der Waals surface area contributed by atoms with Crippen molar-refractivity contribution in [2.45, 2.75) is 26.3 Å². The van der Waals surface area contributed by atoms with Gasteiger partial charge in [-0.2, -0.15) is 0 Å². The Labute approximate surface area is 130 Å². The zero-order valence-corrected chi connectivity index (χ0v) is 13.4. The molecule has 1 heterocycles. The van der Waals surface area contributed by atoms with Gasteiger partial charge in [0.05, 0.1) is 16.3 Å². The lowest BCUT2D eigenvalue weighted by Gasteiger charge is -2.39. The van der Waals surface area contributed by atoms with Crippen LogP contribution in [0.5, 0.6) is 0 Å². The quantitative estimate of drug-likeness (QED) is 0.833. The molecular formula is C15H23ClN4O. The van der Waals surface area contributed by atoms with E-state index in [2.05, 4.69) is 23.6 Å². The van der Waals surface area contributed by atoms with E-state index in [1.54, 1.807) is 12.1 Å². The molecule has 6 heteroatoms. The SMILES string of the molecule is CCC(C)N1CCN(c2c(Cl)cc(N)cc2C(N)=O)CC1. The molecule has 1 aromatic carbocycles. The fraction of sp³-hybridized carbons (Fsp3) is 0.533. The molecule has 1 aromatic rings. The van der Waals surface area contributed by atoms with Crippen LogP contribution >= 0.6 is 11.6 Å². The van der Waals surface area contributed by atoms with Crippen LogP contribution in [0.3, 0.4) is 0 Å². The van der Waals surface area contributed by atoms with Crippen molar-refractivity contribution in [2.24, 2.45) is 5.73 Å². The van der Waals surface area contributed by atoms with E-state index in [0.29, 0.717) is 28.0 Å². The summed E-state index contributed by atoms with van der Waals surface area (Å²) in [5.74, 6) is -0.497. The van der Waals surface area contributed by atoms with Crippen LogP contribution < -0.4 is 16.4 Å². The Kier molecular flexibility index (Phi) is 4.96. The van der Waals surface area contributed by atoms with Gasteiger partial charge >= 0.3 is 0 Å². The van der Waals surface area contributed by atoms with Gasteiger partial charge in [-0.25, -0.2) is 0 Å². The first-order chi connectivity index (χ1) is 9.93. The Morgan fingerprint density at radius 2 is 1.95 bits per heavy atom. The standard InChI is InChI=1S/C15H23ClN4O/c1-3-10(2)19-4-6-20(7-5-19)14-12(15(18)21)8-11(17)9-13(14)16/h8-10H,3-7,17H2,1-2H3,(H2,18,21). The summed E-state index contributed by atoms with van der Waals surface area (Å²) in [6.07, 6.45) is 1.13. The molecule has 0 aromatic heterocycles. The van der Waals surface area contributed by atoms with E-state index in [9.17, 15) is 4.79 Å². The number of hydrogen-bond acceptors (Lipinski definition) is 4. The summed E-state index contributed by atoms with van der Waals surface area (Å²) in [7, 11) is 0. The highest BCUT2D eigenvalue weighted by atomic mass is 35.5. The smallest absolute Gasteiger partial charge is 0.250 e. The van der Waals surface area contributed by atoms with Crippen molar-refractivity contribution in [1.29, 1.82) is 0 Å². The fourth-order valence-electron chi connectivity index (χ4n) is 2.77. The molecule has 0 saturated carbocycles. The minimum atomic E-state index is -0.497. The number of anilines is 2. The third kappa shape index (κ3) is 3.41. The number of nitrogen functional groups attached to an aromatic ring is 1. The number of nitrogens with zero attached hydrogens (tertiary/aromatic N) is 2. The van der Waals surface area contributed by atoms with Crippen LogP contribution in [0.1, 0.15) is 30.6 Å². The lowest BCUT2D eigenvalue weighted by atomic mass is 10.1. The number of piperazine rings is 1. The van der Waals surface area contributed by atoms with Crippen LogP contribution in [0.15, 0.2) is 12.1 Å². The molecule has 4 N–H and O–H groups in total. The third-order valence-electron chi connectivity index (χ3n) is 4.20. The van der Waals surface area contributed by atoms with Gasteiger partial charge in [-0.3, -0.25) is 9.69 Å². The van der Waals surface area contributed by atoms with E-state index in [4.69, 9.17) is 23.1 Å². The minimum Gasteiger partial charge on any atom is -0.399 e. The molecule has 2 rings (SSSR count). The van der Waals surface area contributed by atoms with E-state index in [-0.39, 0.29) is 0 Å². The zero-order chi connectivity index (χ0) is 15.6. The highest BCUT2D eigenvalue weighted by molar-refractivity contribution is 6.34. The van der Waals surface area contributed by atoms with E-state index >= 15 is 0 Å². The van der Waals surface area contributed by atoms with Crippen molar-refractivity contribution in [1.82, 2.24) is 4.90 Å². The topological polar surface area (TPSA) is 75.6 Å². The summed E-state index contributed by atoms with van der Waals surface area (Å²) in [6.45, 7) is 7.99. The number of nitrogens with two attached hydrogens (primary N) is 2. The Balaban J connectivity index is 2.22. The van der Waals surface area contributed by atoms with Gasteiger partial charge in [-0.1, -0.05) is 18.5 Å². The van der Waals surface area contributed by atoms with Crippen molar-refractivity contribution in [2.75, 3.05) is 36.8 Å². The predicted octanol–water partition coefficient (Wildman–Crippen LogP) is 1.94. The Morgan fingerprint density at radius 3 is 2.48 bits per heavy atom. The van der Waals surface area contributed by atoms with Crippen molar-refractivity contribution in [3.05, 3.63) is 22.7 Å². The minimum absolute atomic E-state index is 0.400. The number of primary amides is 1. The van der Waals surface area contributed by atoms with Crippen LogP contribution in [0.25, 0.3) is 0 Å². The van der Waals surface area contributed by atoms with E-state index < -0.39 is 5.91 Å². The molecule has 1 unspecified atom stereocenters. The van der Waals surface area contributed by atoms with Gasteiger partial charge in [0, 0.05) is 37.9 Å². The first-order valence-corrected chi connectivity index (χ1v) is 7.69. The highest BCUT2D eigenvalue weighted by Gasteiger charge is 2.25. The van der Waals surface area contributed by atoms with Gasteiger partial charge in [0.2, 0.25) is 0 Å². The predicted molar refractivity (Wildman–Crippen MR) is 87.9 cm³/mol. The molecule has 21 heavy (non-hydrogen) atoms. The third-order valence-corrected chi connectivity index (χ3v) is 4.48. The first-order valence-electron chi connectivity index (χ1n) is 7.31. The average Bonchev–Trinajstić information content (AvgIpc) is 2.46. The second-order valence-electron chi connectivity index (χ2n) is 5.54. The molecule has 1 amide bonds. The molecule has 1 fully saturated rings. The maximum Gasteiger partial charge on any atom is 0.250 e. The maximum absolute atomic E-state index is 11.7. The Bertz CT molecular complexity index is 527. The Morgan fingerprint density at radius 1 is 1.33 bits per heavy atom. The van der Waals surface area contributed by atoms with Crippen LogP contribution in [-0.2, 0) is 0 Å². The number of hydrogen-bond donors (Lipinski definition) is 2. The number of rotatable bonds is 4. The molecule has 5 nitrogen and oxygen atoms in total. The molecule has 1 aliphatic rings. The van der Waals surface area contributed by atoms with Crippen LogP contribution in [-0.4, -0.2) is 43.0 Å². The monoisotopic (exact) mass is 310 g/mol. The van der Waals surface area contributed by atoms with Gasteiger partial charge < -0.3 is 16.4 Å². The molecule has 1 atom stereocenters. The lowest BCUT2D eigenvalue weighted by molar-refractivity contribution is 0.100. The lowest BCUT2D eigenvalue weighted by Crippen LogP contribution is -2.50. The van der Waals surface area contributed by atoms with Gasteiger partial charge in [0.25, 0.3) is 5.91 Å². The molecule has 1 saturated heterocycles. The van der Waals surface area contributed by atoms with Gasteiger partial charge in [0.15, 0.2) is 0 Å². The van der Waals surface area contributed by atoms with E-state index in [0.717, 1.165) is 32.6 Å². The van der Waals surface area contributed by atoms with E-state index in [1.807, 2.05) is 0 Å². The van der Waals surface area contributed by atoms with Gasteiger partial charge in [-0.05, 0) is 25.5 Å². The second-order valence-corrected chi connectivity index (χ2v) is 5.95. The normalized spacial score (nSPS) is 17.8. The first kappa shape index (κ1) is 15.9. The molecule has 0 radical (unpaired) electrons. The van der Waals surface area contributed by atoms with Crippen molar-refractivity contribution >= 4 is 28.9 Å². The van der Waals surface area contributed by atoms with Crippen molar-refractivity contribution in [3.8, 4) is 0 Å². The molecule has 0 bridgehead atoms. The van der Waals surface area contributed by atoms with Crippen LogP contribution in [0.2, 0.25) is 5.02 Å². The fourth-order valence-corrected chi connectivity index (χ4v) is 3.12. The number of carbonyl (C=O) groups is 1. The van der Waals surface area contributed by atoms with Crippen LogP contribution in [0.4, 0.5) is 11.4 Å². The molecular weight excluding hydrogens is 288 g/mol. The van der Waals surface area contributed by atoms with E-state index in [1.165, 1.54) is 0 Å². The summed E-state index contributed by atoms with van der Waals surface area (Å²) in [5.41, 5.74) is 12.8. The van der Waals surface area contributed by atoms with Gasteiger partial charge in [-0.15, -0.1) is 0 Å². The molecule has 0 spiro atoms. The average molecular weight is 311 g/mol. The number of amides is 1. The zero-order valence-electron chi connectivity index (χ0n) is 12.6. The number of halogens is 1.